The van der Waals surface area contributed by atoms with Gasteiger partial charge in [-0.15, -0.1) is 0 Å². The molecule has 5 heteroatoms. The topological polar surface area (TPSA) is 58.4 Å². The SMILES string of the molecule is CC(N)CC(=O)Nc1ccc(N(C)C)c(Cl)c1. The van der Waals surface area contributed by atoms with Crippen molar-refractivity contribution in [2.45, 2.75) is 19.4 Å². The van der Waals surface area contributed by atoms with Crippen LogP contribution in [0.4, 0.5) is 11.4 Å². The summed E-state index contributed by atoms with van der Waals surface area (Å²) < 4.78 is 0. The number of hydrogen-bond donors (Lipinski definition) is 2. The van der Waals surface area contributed by atoms with E-state index in [1.807, 2.05) is 31.1 Å². The number of nitrogens with one attached hydrogen (secondary N) is 1. The number of halogens is 1. The summed E-state index contributed by atoms with van der Waals surface area (Å²) in [6, 6.07) is 5.27. The zero-order valence-corrected chi connectivity index (χ0v) is 11.1. The monoisotopic (exact) mass is 255 g/mol. The van der Waals surface area contributed by atoms with Crippen molar-refractivity contribution in [2.24, 2.45) is 5.73 Å². The fraction of sp³-hybridized carbons (Fsp3) is 0.417. The molecule has 0 spiro atoms. The number of carbonyl (C=O) groups is 1. The van der Waals surface area contributed by atoms with Crippen LogP contribution in [0.2, 0.25) is 5.02 Å². The Morgan fingerprint density at radius 3 is 2.65 bits per heavy atom. The lowest BCUT2D eigenvalue weighted by Crippen LogP contribution is -2.24. The van der Waals surface area contributed by atoms with Gasteiger partial charge in [0.05, 0.1) is 10.7 Å². The number of amides is 1. The highest BCUT2D eigenvalue weighted by Crippen LogP contribution is 2.27. The Labute approximate surface area is 107 Å². The van der Waals surface area contributed by atoms with Crippen LogP contribution in [0, 0.1) is 0 Å². The van der Waals surface area contributed by atoms with Gasteiger partial charge in [0.25, 0.3) is 0 Å². The van der Waals surface area contributed by atoms with E-state index in [2.05, 4.69) is 5.32 Å². The fourth-order valence-electron chi connectivity index (χ4n) is 1.45. The summed E-state index contributed by atoms with van der Waals surface area (Å²) in [4.78, 5) is 13.4. The van der Waals surface area contributed by atoms with Gasteiger partial charge < -0.3 is 16.0 Å². The summed E-state index contributed by atoms with van der Waals surface area (Å²) in [6.45, 7) is 1.79. The van der Waals surface area contributed by atoms with Crippen LogP contribution in [0.1, 0.15) is 13.3 Å². The van der Waals surface area contributed by atoms with Crippen molar-refractivity contribution in [2.75, 3.05) is 24.3 Å². The maximum absolute atomic E-state index is 11.5. The molecule has 1 aromatic carbocycles. The number of hydrogen-bond acceptors (Lipinski definition) is 3. The zero-order valence-electron chi connectivity index (χ0n) is 10.3. The van der Waals surface area contributed by atoms with E-state index in [4.69, 9.17) is 17.3 Å². The van der Waals surface area contributed by atoms with E-state index in [1.165, 1.54) is 0 Å². The molecule has 1 amide bonds. The molecule has 1 atom stereocenters. The lowest BCUT2D eigenvalue weighted by atomic mass is 10.2. The third-order valence-corrected chi connectivity index (χ3v) is 2.52. The summed E-state index contributed by atoms with van der Waals surface area (Å²) in [7, 11) is 3.82. The zero-order chi connectivity index (χ0) is 13.0. The normalized spacial score (nSPS) is 12.1. The van der Waals surface area contributed by atoms with Gasteiger partial charge in [0.15, 0.2) is 0 Å². The van der Waals surface area contributed by atoms with Crippen molar-refractivity contribution < 1.29 is 4.79 Å². The molecule has 0 bridgehead atoms. The summed E-state index contributed by atoms with van der Waals surface area (Å²) in [5.41, 5.74) is 7.15. The molecule has 0 radical (unpaired) electrons. The Morgan fingerprint density at radius 1 is 1.53 bits per heavy atom. The molecule has 0 heterocycles. The van der Waals surface area contributed by atoms with Gasteiger partial charge in [-0.05, 0) is 25.1 Å². The third-order valence-electron chi connectivity index (χ3n) is 2.22. The highest BCUT2D eigenvalue weighted by Gasteiger charge is 2.08. The van der Waals surface area contributed by atoms with Gasteiger partial charge in [0.1, 0.15) is 0 Å². The van der Waals surface area contributed by atoms with Crippen LogP contribution in [0.3, 0.4) is 0 Å². The maximum atomic E-state index is 11.5. The van der Waals surface area contributed by atoms with Crippen molar-refractivity contribution in [1.29, 1.82) is 0 Å². The predicted octanol–water partition coefficient (Wildman–Crippen LogP) is 2.08. The first kappa shape index (κ1) is 13.8. The van der Waals surface area contributed by atoms with E-state index in [1.54, 1.807) is 13.0 Å². The molecule has 0 aromatic heterocycles. The first-order valence-corrected chi connectivity index (χ1v) is 5.80. The second-order valence-corrected chi connectivity index (χ2v) is 4.70. The smallest absolute Gasteiger partial charge is 0.225 e. The van der Waals surface area contributed by atoms with E-state index in [-0.39, 0.29) is 11.9 Å². The van der Waals surface area contributed by atoms with Crippen molar-refractivity contribution in [3.8, 4) is 0 Å². The standard InChI is InChI=1S/C12H18ClN3O/c1-8(14)6-12(17)15-9-4-5-11(16(2)3)10(13)7-9/h4-5,7-8H,6,14H2,1-3H3,(H,15,17). The third kappa shape index (κ3) is 4.24. The predicted molar refractivity (Wildman–Crippen MR) is 72.7 cm³/mol. The van der Waals surface area contributed by atoms with Gasteiger partial charge >= 0.3 is 0 Å². The molecule has 1 rings (SSSR count). The van der Waals surface area contributed by atoms with Crippen LogP contribution < -0.4 is 16.0 Å². The summed E-state index contributed by atoms with van der Waals surface area (Å²) in [5, 5.41) is 3.36. The number of anilines is 2. The van der Waals surface area contributed by atoms with Gasteiger partial charge in [0.2, 0.25) is 5.91 Å². The minimum atomic E-state index is -0.147. The first-order chi connectivity index (χ1) is 7.90. The van der Waals surface area contributed by atoms with Crippen molar-refractivity contribution in [3.63, 3.8) is 0 Å². The molecular weight excluding hydrogens is 238 g/mol. The average molecular weight is 256 g/mol. The van der Waals surface area contributed by atoms with Crippen molar-refractivity contribution in [1.82, 2.24) is 0 Å². The average Bonchev–Trinajstić information content (AvgIpc) is 2.15. The van der Waals surface area contributed by atoms with Crippen molar-refractivity contribution >= 4 is 28.9 Å². The van der Waals surface area contributed by atoms with Crippen LogP contribution >= 0.6 is 11.6 Å². The Hall–Kier alpha value is -1.26. The molecule has 0 saturated heterocycles. The minimum absolute atomic E-state index is 0.103. The minimum Gasteiger partial charge on any atom is -0.376 e. The summed E-state index contributed by atoms with van der Waals surface area (Å²) >= 11 is 6.10. The Balaban J connectivity index is 2.74. The Kier molecular flexibility index (Phi) is 4.78. The van der Waals surface area contributed by atoms with E-state index >= 15 is 0 Å². The number of benzene rings is 1. The number of rotatable bonds is 4. The molecule has 0 saturated carbocycles. The summed E-state index contributed by atoms with van der Waals surface area (Å²) in [5.74, 6) is -0.103. The molecular formula is C12H18ClN3O. The van der Waals surface area contributed by atoms with Gasteiger partial charge in [-0.25, -0.2) is 0 Å². The molecule has 1 aromatic rings. The molecule has 94 valence electrons. The molecule has 17 heavy (non-hydrogen) atoms. The van der Waals surface area contributed by atoms with E-state index in [0.717, 1.165) is 5.69 Å². The second-order valence-electron chi connectivity index (χ2n) is 4.29. The van der Waals surface area contributed by atoms with E-state index in [9.17, 15) is 4.79 Å². The lowest BCUT2D eigenvalue weighted by molar-refractivity contribution is -0.116. The van der Waals surface area contributed by atoms with Gasteiger partial charge in [-0.3, -0.25) is 4.79 Å². The fourth-order valence-corrected chi connectivity index (χ4v) is 1.80. The molecule has 0 fully saturated rings. The Morgan fingerprint density at radius 2 is 2.18 bits per heavy atom. The van der Waals surface area contributed by atoms with Gasteiger partial charge in [0, 0.05) is 32.2 Å². The Bertz CT molecular complexity index is 405. The molecule has 4 nitrogen and oxygen atoms in total. The molecule has 3 N–H and O–H groups in total. The molecule has 0 aliphatic carbocycles. The van der Waals surface area contributed by atoms with Crippen LogP contribution in [0.25, 0.3) is 0 Å². The van der Waals surface area contributed by atoms with E-state index < -0.39 is 0 Å². The molecule has 0 aliphatic heterocycles. The molecule has 1 unspecified atom stereocenters. The number of nitrogens with zero attached hydrogens (tertiary/aromatic N) is 1. The first-order valence-electron chi connectivity index (χ1n) is 5.42. The lowest BCUT2D eigenvalue weighted by Gasteiger charge is -2.15. The maximum Gasteiger partial charge on any atom is 0.225 e. The highest BCUT2D eigenvalue weighted by molar-refractivity contribution is 6.33. The summed E-state index contributed by atoms with van der Waals surface area (Å²) in [6.07, 6.45) is 0.299. The quantitative estimate of drug-likeness (QED) is 0.866. The van der Waals surface area contributed by atoms with Crippen molar-refractivity contribution in [3.05, 3.63) is 23.2 Å². The number of carbonyl (C=O) groups excluding carboxylic acids is 1. The second kappa shape index (κ2) is 5.89. The van der Waals surface area contributed by atoms with Crippen LogP contribution in [0.15, 0.2) is 18.2 Å². The van der Waals surface area contributed by atoms with E-state index in [0.29, 0.717) is 17.1 Å². The van der Waals surface area contributed by atoms with Crippen LogP contribution in [-0.2, 0) is 4.79 Å². The van der Waals surface area contributed by atoms with Crippen LogP contribution in [-0.4, -0.2) is 26.0 Å². The van der Waals surface area contributed by atoms with Crippen LogP contribution in [0.5, 0.6) is 0 Å². The number of nitrogens with two attached hydrogens (primary N) is 1. The highest BCUT2D eigenvalue weighted by atomic mass is 35.5. The van der Waals surface area contributed by atoms with Gasteiger partial charge in [-0.1, -0.05) is 11.6 Å². The molecule has 0 aliphatic rings. The van der Waals surface area contributed by atoms with Gasteiger partial charge in [-0.2, -0.15) is 0 Å². The largest absolute Gasteiger partial charge is 0.376 e.